The lowest BCUT2D eigenvalue weighted by Gasteiger charge is -1.99. The van der Waals surface area contributed by atoms with E-state index >= 15 is 0 Å². The second-order valence-corrected chi connectivity index (χ2v) is 5.95. The molecule has 2 rings (SSSR count). The van der Waals surface area contributed by atoms with Crippen LogP contribution in [0.25, 0.3) is 11.2 Å². The predicted octanol–water partition coefficient (Wildman–Crippen LogP) is 5.56. The summed E-state index contributed by atoms with van der Waals surface area (Å²) in [6.45, 7) is 2.24. The largest absolute Gasteiger partial charge is 0.341 e. The molecular weight excluding hydrogens is 293 g/mol. The van der Waals surface area contributed by atoms with Gasteiger partial charge in [-0.15, -0.1) is 0 Å². The predicted molar refractivity (Wildman–Crippen MR) is 85.6 cm³/mol. The molecule has 0 spiro atoms. The van der Waals surface area contributed by atoms with Crippen molar-refractivity contribution in [2.45, 2.75) is 58.3 Å². The van der Waals surface area contributed by atoms with E-state index in [1.54, 1.807) is 6.07 Å². The number of hydrogen-bond donors (Lipinski definition) is 1. The van der Waals surface area contributed by atoms with E-state index in [0.29, 0.717) is 15.8 Å². The van der Waals surface area contributed by atoms with Gasteiger partial charge in [-0.25, -0.2) is 9.97 Å². The van der Waals surface area contributed by atoms with Crippen LogP contribution in [-0.2, 0) is 6.42 Å². The van der Waals surface area contributed by atoms with E-state index in [2.05, 4.69) is 21.9 Å². The lowest BCUT2D eigenvalue weighted by molar-refractivity contribution is 0.585. The van der Waals surface area contributed by atoms with E-state index in [9.17, 15) is 0 Å². The van der Waals surface area contributed by atoms with Crippen LogP contribution in [-0.4, -0.2) is 15.0 Å². The molecular formula is C15H21Cl2N3. The summed E-state index contributed by atoms with van der Waals surface area (Å²) in [6, 6.07) is 1.79. The first-order chi connectivity index (χ1) is 9.70. The molecule has 0 unspecified atom stereocenters. The van der Waals surface area contributed by atoms with Crippen LogP contribution in [0.1, 0.15) is 57.7 Å². The van der Waals surface area contributed by atoms with E-state index in [1.807, 2.05) is 0 Å². The summed E-state index contributed by atoms with van der Waals surface area (Å²) in [5.74, 6) is 0.972. The maximum Gasteiger partial charge on any atom is 0.179 e. The maximum absolute atomic E-state index is 5.94. The van der Waals surface area contributed by atoms with Gasteiger partial charge >= 0.3 is 0 Å². The molecule has 0 aliphatic heterocycles. The zero-order valence-electron chi connectivity index (χ0n) is 11.9. The number of fused-ring (bicyclic) bond motifs is 1. The van der Waals surface area contributed by atoms with Crippen molar-refractivity contribution in [2.75, 3.05) is 0 Å². The minimum Gasteiger partial charge on any atom is -0.341 e. The summed E-state index contributed by atoms with van der Waals surface area (Å²) in [6.07, 6.45) is 10.1. The third-order valence-corrected chi connectivity index (χ3v) is 4.12. The number of pyridine rings is 1. The number of aryl methyl sites for hydroxylation is 1. The molecule has 2 heterocycles. The number of aromatic nitrogens is 3. The minimum absolute atomic E-state index is 0.313. The van der Waals surface area contributed by atoms with Gasteiger partial charge in [0.2, 0.25) is 0 Å². The molecule has 20 heavy (non-hydrogen) atoms. The van der Waals surface area contributed by atoms with Gasteiger partial charge in [0.25, 0.3) is 0 Å². The smallest absolute Gasteiger partial charge is 0.179 e. The fourth-order valence-corrected chi connectivity index (χ4v) is 2.60. The van der Waals surface area contributed by atoms with Crippen LogP contribution in [0.2, 0.25) is 10.2 Å². The third-order valence-electron chi connectivity index (χ3n) is 3.45. The molecule has 2 aromatic heterocycles. The molecule has 0 aromatic carbocycles. The first kappa shape index (κ1) is 15.6. The summed E-state index contributed by atoms with van der Waals surface area (Å²) >= 11 is 11.8. The van der Waals surface area contributed by atoms with Gasteiger partial charge < -0.3 is 4.98 Å². The van der Waals surface area contributed by atoms with Crippen molar-refractivity contribution in [3.63, 3.8) is 0 Å². The molecule has 2 aromatic rings. The Bertz CT molecular complexity index is 512. The number of halogens is 2. The molecule has 0 bridgehead atoms. The first-order valence-corrected chi connectivity index (χ1v) is 8.17. The molecule has 0 radical (unpaired) electrons. The van der Waals surface area contributed by atoms with E-state index in [0.717, 1.165) is 24.2 Å². The van der Waals surface area contributed by atoms with Crippen molar-refractivity contribution in [3.8, 4) is 0 Å². The highest BCUT2D eigenvalue weighted by Gasteiger charge is 2.07. The van der Waals surface area contributed by atoms with Crippen molar-refractivity contribution in [2.24, 2.45) is 0 Å². The van der Waals surface area contributed by atoms with Crippen LogP contribution >= 0.6 is 23.2 Å². The minimum atomic E-state index is 0.313. The molecule has 0 aliphatic carbocycles. The van der Waals surface area contributed by atoms with Gasteiger partial charge in [0.05, 0.1) is 10.5 Å². The van der Waals surface area contributed by atoms with Crippen LogP contribution in [0.4, 0.5) is 0 Å². The van der Waals surface area contributed by atoms with Crippen molar-refractivity contribution in [1.82, 2.24) is 15.0 Å². The Morgan fingerprint density at radius 2 is 1.70 bits per heavy atom. The van der Waals surface area contributed by atoms with Gasteiger partial charge in [-0.1, -0.05) is 68.7 Å². The Morgan fingerprint density at radius 3 is 2.45 bits per heavy atom. The molecule has 3 nitrogen and oxygen atoms in total. The fraction of sp³-hybridized carbons (Fsp3) is 0.600. The number of imidazole rings is 1. The average Bonchev–Trinajstić information content (AvgIpc) is 2.80. The molecule has 0 saturated carbocycles. The van der Waals surface area contributed by atoms with Gasteiger partial charge in [0.15, 0.2) is 5.65 Å². The monoisotopic (exact) mass is 313 g/mol. The highest BCUT2D eigenvalue weighted by molar-refractivity contribution is 6.41. The summed E-state index contributed by atoms with van der Waals surface area (Å²) in [5, 5.41) is 0.776. The van der Waals surface area contributed by atoms with Gasteiger partial charge in [-0.2, -0.15) is 0 Å². The number of nitrogens with zero attached hydrogens (tertiary/aromatic N) is 2. The molecule has 0 fully saturated rings. The van der Waals surface area contributed by atoms with E-state index < -0.39 is 0 Å². The molecule has 0 aliphatic rings. The van der Waals surface area contributed by atoms with Gasteiger partial charge in [0, 0.05) is 6.42 Å². The Labute approximate surface area is 130 Å². The van der Waals surface area contributed by atoms with E-state index in [-0.39, 0.29) is 0 Å². The Morgan fingerprint density at radius 1 is 1.00 bits per heavy atom. The second-order valence-electron chi connectivity index (χ2n) is 5.19. The Kier molecular flexibility index (Phi) is 6.11. The fourth-order valence-electron chi connectivity index (χ4n) is 2.31. The second kappa shape index (κ2) is 7.84. The molecule has 0 saturated heterocycles. The zero-order chi connectivity index (χ0) is 14.4. The standard InChI is InChI=1S/C15H21Cl2N3/c1-2-3-4-5-6-7-8-9-13-18-12-10-11(16)14(17)20-15(12)19-13/h10H,2-9H2,1H3,(H,18,19,20). The number of nitrogens with one attached hydrogen (secondary N) is 1. The summed E-state index contributed by atoms with van der Waals surface area (Å²) < 4.78 is 0. The number of aromatic amines is 1. The van der Waals surface area contributed by atoms with Crippen molar-refractivity contribution >= 4 is 34.4 Å². The van der Waals surface area contributed by atoms with Crippen molar-refractivity contribution < 1.29 is 0 Å². The van der Waals surface area contributed by atoms with Gasteiger partial charge in [-0.05, 0) is 12.5 Å². The SMILES string of the molecule is CCCCCCCCCc1nc2nc(Cl)c(Cl)cc2[nH]1. The summed E-state index contributed by atoms with van der Waals surface area (Å²) in [7, 11) is 0. The topological polar surface area (TPSA) is 41.6 Å². The van der Waals surface area contributed by atoms with Crippen LogP contribution in [0.5, 0.6) is 0 Å². The lowest BCUT2D eigenvalue weighted by Crippen LogP contribution is -1.88. The molecule has 0 amide bonds. The Balaban J connectivity index is 1.79. The highest BCUT2D eigenvalue weighted by Crippen LogP contribution is 2.23. The van der Waals surface area contributed by atoms with E-state index in [1.165, 1.54) is 38.5 Å². The molecule has 5 heteroatoms. The quantitative estimate of drug-likeness (QED) is 0.512. The summed E-state index contributed by atoms with van der Waals surface area (Å²) in [4.78, 5) is 11.9. The number of unbranched alkanes of at least 4 members (excludes halogenated alkanes) is 6. The van der Waals surface area contributed by atoms with Crippen LogP contribution in [0.3, 0.4) is 0 Å². The van der Waals surface area contributed by atoms with Crippen LogP contribution < -0.4 is 0 Å². The molecule has 0 atom stereocenters. The number of hydrogen-bond acceptors (Lipinski definition) is 2. The van der Waals surface area contributed by atoms with E-state index in [4.69, 9.17) is 23.2 Å². The number of rotatable bonds is 8. The number of H-pyrrole nitrogens is 1. The van der Waals surface area contributed by atoms with Crippen LogP contribution in [0.15, 0.2) is 6.07 Å². The maximum atomic E-state index is 5.94. The normalized spacial score (nSPS) is 11.3. The van der Waals surface area contributed by atoms with Crippen molar-refractivity contribution in [1.29, 1.82) is 0 Å². The Hall–Kier alpha value is -0.800. The lowest BCUT2D eigenvalue weighted by atomic mass is 10.1. The van der Waals surface area contributed by atoms with Crippen LogP contribution in [0, 0.1) is 0 Å². The zero-order valence-corrected chi connectivity index (χ0v) is 13.4. The average molecular weight is 314 g/mol. The molecule has 110 valence electrons. The summed E-state index contributed by atoms with van der Waals surface area (Å²) in [5.41, 5.74) is 1.51. The third kappa shape index (κ3) is 4.35. The van der Waals surface area contributed by atoms with Gasteiger partial charge in [-0.3, -0.25) is 0 Å². The van der Waals surface area contributed by atoms with Crippen molar-refractivity contribution in [3.05, 3.63) is 22.1 Å². The highest BCUT2D eigenvalue weighted by atomic mass is 35.5. The first-order valence-electron chi connectivity index (χ1n) is 7.41. The van der Waals surface area contributed by atoms with Gasteiger partial charge in [0.1, 0.15) is 11.0 Å². The molecule has 1 N–H and O–H groups in total.